The summed E-state index contributed by atoms with van der Waals surface area (Å²) in [5.41, 5.74) is 6.18. The largest absolute Gasteiger partial charge is 0.335 e. The first kappa shape index (κ1) is 10.7. The second-order valence-corrected chi connectivity index (χ2v) is 4.53. The molecule has 2 N–H and O–H groups in total. The lowest BCUT2D eigenvalue weighted by atomic mass is 9.84. The molecule has 0 bridgehead atoms. The molecule has 1 heterocycles. The lowest BCUT2D eigenvalue weighted by Gasteiger charge is -2.28. The van der Waals surface area contributed by atoms with Gasteiger partial charge in [0, 0.05) is 30.9 Å². The molecule has 2 atom stereocenters. The van der Waals surface area contributed by atoms with Crippen molar-refractivity contribution in [2.75, 3.05) is 0 Å². The van der Waals surface area contributed by atoms with Crippen molar-refractivity contribution < 1.29 is 0 Å². The van der Waals surface area contributed by atoms with Crippen molar-refractivity contribution in [3.63, 3.8) is 0 Å². The van der Waals surface area contributed by atoms with E-state index < -0.39 is 0 Å². The van der Waals surface area contributed by atoms with Crippen LogP contribution in [-0.4, -0.2) is 15.6 Å². The summed E-state index contributed by atoms with van der Waals surface area (Å²) in [5.74, 6) is 1.70. The van der Waals surface area contributed by atoms with Gasteiger partial charge in [-0.1, -0.05) is 19.8 Å². The van der Waals surface area contributed by atoms with Crippen LogP contribution in [-0.2, 0) is 6.54 Å². The van der Waals surface area contributed by atoms with Gasteiger partial charge in [0.2, 0.25) is 0 Å². The monoisotopic (exact) mass is 207 g/mol. The topological polar surface area (TPSA) is 43.8 Å². The summed E-state index contributed by atoms with van der Waals surface area (Å²) in [6.45, 7) is 3.27. The molecule has 0 aliphatic heterocycles. The minimum atomic E-state index is 0.316. The molecular weight excluding hydrogens is 186 g/mol. The van der Waals surface area contributed by atoms with Crippen molar-refractivity contribution in [3.05, 3.63) is 18.2 Å². The maximum absolute atomic E-state index is 6.18. The van der Waals surface area contributed by atoms with E-state index in [1.54, 1.807) is 0 Å². The van der Waals surface area contributed by atoms with Crippen LogP contribution < -0.4 is 5.73 Å². The van der Waals surface area contributed by atoms with Gasteiger partial charge in [-0.25, -0.2) is 4.98 Å². The first-order valence-corrected chi connectivity index (χ1v) is 6.09. The normalized spacial score (nSPS) is 26.8. The van der Waals surface area contributed by atoms with Crippen LogP contribution in [0.4, 0.5) is 0 Å². The van der Waals surface area contributed by atoms with Crippen LogP contribution in [0, 0.1) is 0 Å². The number of nitrogens with two attached hydrogens (primary N) is 1. The number of hydrogen-bond acceptors (Lipinski definition) is 2. The van der Waals surface area contributed by atoms with E-state index in [1.165, 1.54) is 25.1 Å². The molecule has 1 aromatic rings. The fourth-order valence-corrected chi connectivity index (χ4v) is 2.56. The number of hydrogen-bond donors (Lipinski definition) is 1. The van der Waals surface area contributed by atoms with Crippen LogP contribution in [0.3, 0.4) is 0 Å². The molecule has 1 fully saturated rings. The van der Waals surface area contributed by atoms with Crippen molar-refractivity contribution in [2.24, 2.45) is 5.73 Å². The smallest absolute Gasteiger partial charge is 0.113 e. The lowest BCUT2D eigenvalue weighted by molar-refractivity contribution is 0.363. The number of nitrogens with zero attached hydrogens (tertiary/aromatic N) is 2. The molecule has 1 aliphatic carbocycles. The van der Waals surface area contributed by atoms with E-state index in [0.29, 0.717) is 12.0 Å². The molecule has 0 saturated heterocycles. The molecule has 1 aromatic heterocycles. The summed E-state index contributed by atoms with van der Waals surface area (Å²) in [7, 11) is 0. The van der Waals surface area contributed by atoms with Gasteiger partial charge in [0.25, 0.3) is 0 Å². The Balaban J connectivity index is 2.15. The van der Waals surface area contributed by atoms with Crippen LogP contribution in [0.2, 0.25) is 0 Å². The third-order valence-corrected chi connectivity index (χ3v) is 3.36. The first-order valence-electron chi connectivity index (χ1n) is 6.09. The van der Waals surface area contributed by atoms with Crippen LogP contribution in [0.15, 0.2) is 12.4 Å². The van der Waals surface area contributed by atoms with Gasteiger partial charge >= 0.3 is 0 Å². The molecule has 3 nitrogen and oxygen atoms in total. The zero-order valence-corrected chi connectivity index (χ0v) is 9.52. The van der Waals surface area contributed by atoms with Crippen LogP contribution in [0.25, 0.3) is 0 Å². The SMILES string of the molecule is CCCn1ccnc1C1CCCCC1N. The highest BCUT2D eigenvalue weighted by Crippen LogP contribution is 2.30. The molecule has 0 aromatic carbocycles. The first-order chi connectivity index (χ1) is 7.33. The molecule has 1 aliphatic rings. The Hall–Kier alpha value is -0.830. The van der Waals surface area contributed by atoms with Crippen molar-refractivity contribution >= 4 is 0 Å². The molecule has 15 heavy (non-hydrogen) atoms. The van der Waals surface area contributed by atoms with E-state index >= 15 is 0 Å². The van der Waals surface area contributed by atoms with Crippen molar-refractivity contribution in [2.45, 2.75) is 57.5 Å². The molecule has 2 rings (SSSR count). The van der Waals surface area contributed by atoms with E-state index in [9.17, 15) is 0 Å². The molecule has 3 heteroatoms. The van der Waals surface area contributed by atoms with Gasteiger partial charge in [0.05, 0.1) is 0 Å². The van der Waals surface area contributed by atoms with E-state index in [0.717, 1.165) is 19.4 Å². The van der Waals surface area contributed by atoms with Crippen LogP contribution in [0.5, 0.6) is 0 Å². The van der Waals surface area contributed by atoms with E-state index in [1.807, 2.05) is 6.20 Å². The molecule has 1 saturated carbocycles. The van der Waals surface area contributed by atoms with E-state index in [-0.39, 0.29) is 0 Å². The van der Waals surface area contributed by atoms with Gasteiger partial charge in [0.15, 0.2) is 0 Å². The maximum Gasteiger partial charge on any atom is 0.113 e. The summed E-state index contributed by atoms with van der Waals surface area (Å²) >= 11 is 0. The molecular formula is C12H21N3. The minimum Gasteiger partial charge on any atom is -0.335 e. The summed E-state index contributed by atoms with van der Waals surface area (Å²) in [6, 6.07) is 0.316. The average molecular weight is 207 g/mol. The third-order valence-electron chi connectivity index (χ3n) is 3.36. The Labute approximate surface area is 91.7 Å². The summed E-state index contributed by atoms with van der Waals surface area (Å²) in [5, 5.41) is 0. The highest BCUT2D eigenvalue weighted by Gasteiger charge is 2.26. The van der Waals surface area contributed by atoms with Gasteiger partial charge in [-0.05, 0) is 19.3 Å². The fourth-order valence-electron chi connectivity index (χ4n) is 2.56. The number of imidazole rings is 1. The number of aromatic nitrogens is 2. The fraction of sp³-hybridized carbons (Fsp3) is 0.750. The molecule has 0 radical (unpaired) electrons. The highest BCUT2D eigenvalue weighted by molar-refractivity contribution is 5.05. The second kappa shape index (κ2) is 4.79. The Morgan fingerprint density at radius 1 is 1.47 bits per heavy atom. The van der Waals surface area contributed by atoms with E-state index in [4.69, 9.17) is 5.73 Å². The zero-order valence-electron chi connectivity index (χ0n) is 9.52. The molecule has 2 unspecified atom stereocenters. The third kappa shape index (κ3) is 2.23. The predicted molar refractivity (Wildman–Crippen MR) is 61.7 cm³/mol. The summed E-state index contributed by atoms with van der Waals surface area (Å²) < 4.78 is 2.27. The second-order valence-electron chi connectivity index (χ2n) is 4.53. The summed E-state index contributed by atoms with van der Waals surface area (Å²) in [4.78, 5) is 4.49. The molecule has 0 amide bonds. The van der Waals surface area contributed by atoms with Crippen LogP contribution in [0.1, 0.15) is 50.8 Å². The number of rotatable bonds is 3. The van der Waals surface area contributed by atoms with Crippen molar-refractivity contribution in [1.82, 2.24) is 9.55 Å². The van der Waals surface area contributed by atoms with Gasteiger partial charge in [-0.15, -0.1) is 0 Å². The standard InChI is InChI=1S/C12H21N3/c1-2-8-15-9-7-14-12(15)10-5-3-4-6-11(10)13/h7,9-11H,2-6,8,13H2,1H3. The van der Waals surface area contributed by atoms with Gasteiger partial charge in [-0.3, -0.25) is 0 Å². The van der Waals surface area contributed by atoms with Crippen LogP contribution >= 0.6 is 0 Å². The van der Waals surface area contributed by atoms with Crippen molar-refractivity contribution in [3.8, 4) is 0 Å². The predicted octanol–water partition coefficient (Wildman–Crippen LogP) is 2.28. The zero-order chi connectivity index (χ0) is 10.7. The highest BCUT2D eigenvalue weighted by atomic mass is 15.1. The lowest BCUT2D eigenvalue weighted by Crippen LogP contribution is -2.33. The Morgan fingerprint density at radius 2 is 2.27 bits per heavy atom. The van der Waals surface area contributed by atoms with Gasteiger partial charge in [0.1, 0.15) is 5.82 Å². The Bertz CT molecular complexity index is 306. The summed E-state index contributed by atoms with van der Waals surface area (Å²) in [6.07, 6.45) is 10.1. The van der Waals surface area contributed by atoms with Gasteiger partial charge in [-0.2, -0.15) is 0 Å². The van der Waals surface area contributed by atoms with Gasteiger partial charge < -0.3 is 10.3 Å². The quantitative estimate of drug-likeness (QED) is 0.826. The molecule has 0 spiro atoms. The van der Waals surface area contributed by atoms with E-state index in [2.05, 4.69) is 22.7 Å². The minimum absolute atomic E-state index is 0.316. The van der Waals surface area contributed by atoms with Crippen molar-refractivity contribution in [1.29, 1.82) is 0 Å². The Morgan fingerprint density at radius 3 is 3.00 bits per heavy atom. The Kier molecular flexibility index (Phi) is 3.41. The average Bonchev–Trinajstić information content (AvgIpc) is 2.67. The molecule has 84 valence electrons. The maximum atomic E-state index is 6.18. The number of aryl methyl sites for hydroxylation is 1.